The Balaban J connectivity index is 2.15. The lowest BCUT2D eigenvalue weighted by atomic mass is 10.0. The maximum Gasteiger partial charge on any atom is 0.274 e. The normalized spacial score (nSPS) is 15.4. The lowest BCUT2D eigenvalue weighted by Gasteiger charge is -2.29. The molecule has 2 amide bonds. The number of rotatable bonds is 4. The van der Waals surface area contributed by atoms with Crippen LogP contribution in [0.5, 0.6) is 11.5 Å². The second kappa shape index (κ2) is 8.27. The highest BCUT2D eigenvalue weighted by Gasteiger charge is 2.36. The van der Waals surface area contributed by atoms with E-state index < -0.39 is 33.7 Å². The summed E-state index contributed by atoms with van der Waals surface area (Å²) < 4.78 is 4.92. The number of phenols is 1. The molecule has 0 aliphatic carbocycles. The number of hydrogen-bond acceptors (Lipinski definition) is 7. The summed E-state index contributed by atoms with van der Waals surface area (Å²) in [5, 5.41) is 23.8. The average Bonchev–Trinajstić information content (AvgIpc) is 2.69. The number of ether oxygens (including phenoxy) is 1. The van der Waals surface area contributed by atoms with E-state index in [0.717, 1.165) is 23.1 Å². The number of halogens is 2. The van der Waals surface area contributed by atoms with Crippen molar-refractivity contribution in [2.75, 3.05) is 12.0 Å². The summed E-state index contributed by atoms with van der Waals surface area (Å²) in [5.74, 6) is -2.41. The van der Waals surface area contributed by atoms with Crippen LogP contribution in [0.2, 0.25) is 10.0 Å². The molecule has 2 aromatic carbocycles. The van der Waals surface area contributed by atoms with E-state index in [1.807, 2.05) is 0 Å². The van der Waals surface area contributed by atoms with Gasteiger partial charge in [-0.05, 0) is 30.4 Å². The van der Waals surface area contributed by atoms with Gasteiger partial charge in [0.1, 0.15) is 5.57 Å². The van der Waals surface area contributed by atoms with Crippen molar-refractivity contribution in [2.45, 2.75) is 0 Å². The van der Waals surface area contributed by atoms with E-state index in [1.54, 1.807) is 0 Å². The van der Waals surface area contributed by atoms with E-state index in [0.29, 0.717) is 0 Å². The zero-order valence-corrected chi connectivity index (χ0v) is 17.3. The number of non-ortho nitro benzene ring substituents is 1. The van der Waals surface area contributed by atoms with Crippen molar-refractivity contribution >= 4 is 69.8 Å². The van der Waals surface area contributed by atoms with E-state index in [4.69, 9.17) is 40.2 Å². The molecule has 0 aromatic heterocycles. The molecule has 9 nitrogen and oxygen atoms in total. The van der Waals surface area contributed by atoms with Gasteiger partial charge in [-0.25, -0.2) is 0 Å². The van der Waals surface area contributed by atoms with Crippen molar-refractivity contribution in [3.8, 4) is 11.5 Å². The van der Waals surface area contributed by atoms with Crippen LogP contribution >= 0.6 is 35.4 Å². The number of methoxy groups -OCH3 is 1. The molecule has 1 aliphatic heterocycles. The number of thiocarbonyl (C=S) groups is 1. The van der Waals surface area contributed by atoms with Crippen LogP contribution in [0.4, 0.5) is 11.4 Å². The van der Waals surface area contributed by atoms with Crippen molar-refractivity contribution in [1.29, 1.82) is 0 Å². The third kappa shape index (κ3) is 3.80. The number of carbonyl (C=O) groups is 2. The SMILES string of the molecule is COc1cc([N+](=O)[O-])cc(/C=C2\C(=O)NC(=S)N(c3cccc(Cl)c3Cl)C2=O)c1O. The topological polar surface area (TPSA) is 122 Å². The van der Waals surface area contributed by atoms with Gasteiger partial charge >= 0.3 is 0 Å². The Morgan fingerprint density at radius 1 is 1.30 bits per heavy atom. The fourth-order valence-corrected chi connectivity index (χ4v) is 3.34. The molecular weight excluding hydrogens is 457 g/mol. The van der Waals surface area contributed by atoms with Crippen molar-refractivity contribution in [3.05, 3.63) is 61.6 Å². The number of nitrogens with zero attached hydrogens (tertiary/aromatic N) is 2. The maximum atomic E-state index is 13.1. The van der Waals surface area contributed by atoms with Crippen molar-refractivity contribution in [3.63, 3.8) is 0 Å². The van der Waals surface area contributed by atoms with Crippen LogP contribution in [0.15, 0.2) is 35.9 Å². The Labute approximate surface area is 184 Å². The molecule has 1 saturated heterocycles. The van der Waals surface area contributed by atoms with Gasteiger partial charge in [0.2, 0.25) is 0 Å². The Kier molecular flexibility index (Phi) is 5.92. The summed E-state index contributed by atoms with van der Waals surface area (Å²) in [6.07, 6.45) is 0.996. The van der Waals surface area contributed by atoms with Crippen LogP contribution in [0.25, 0.3) is 6.08 Å². The first-order chi connectivity index (χ1) is 14.1. The highest BCUT2D eigenvalue weighted by Crippen LogP contribution is 2.37. The molecule has 30 heavy (non-hydrogen) atoms. The lowest BCUT2D eigenvalue weighted by Crippen LogP contribution is -2.54. The van der Waals surface area contributed by atoms with Crippen LogP contribution in [0.3, 0.4) is 0 Å². The second-order valence-corrected chi connectivity index (χ2v) is 7.05. The van der Waals surface area contributed by atoms with Crippen LogP contribution < -0.4 is 15.0 Å². The molecule has 0 saturated carbocycles. The van der Waals surface area contributed by atoms with E-state index in [-0.39, 0.29) is 32.2 Å². The van der Waals surface area contributed by atoms with Gasteiger partial charge in [0.05, 0.1) is 33.8 Å². The minimum Gasteiger partial charge on any atom is -0.504 e. The molecule has 0 bridgehead atoms. The summed E-state index contributed by atoms with van der Waals surface area (Å²) in [4.78, 5) is 36.9. The summed E-state index contributed by atoms with van der Waals surface area (Å²) in [6, 6.07) is 6.52. The van der Waals surface area contributed by atoms with E-state index in [2.05, 4.69) is 5.32 Å². The lowest BCUT2D eigenvalue weighted by molar-refractivity contribution is -0.385. The Hall–Kier alpha value is -3.21. The summed E-state index contributed by atoms with van der Waals surface area (Å²) in [7, 11) is 1.20. The Morgan fingerprint density at radius 3 is 2.63 bits per heavy atom. The standard InChI is InChI=1S/C18H11Cl2N3O6S/c1-29-13-7-9(23(27)28)5-8(15(13)24)6-10-16(25)21-18(30)22(17(10)26)12-4-2-3-11(19)14(12)20/h2-7,24H,1H3,(H,21,25,30)/b10-6+. The van der Waals surface area contributed by atoms with E-state index >= 15 is 0 Å². The molecule has 1 aliphatic rings. The number of hydrogen-bond donors (Lipinski definition) is 2. The number of anilines is 1. The van der Waals surface area contributed by atoms with Gasteiger partial charge in [-0.15, -0.1) is 0 Å². The Bertz CT molecular complexity index is 1150. The number of carbonyl (C=O) groups excluding carboxylic acids is 2. The molecule has 1 heterocycles. The van der Waals surface area contributed by atoms with Gasteiger partial charge in [0.25, 0.3) is 17.5 Å². The first-order valence-corrected chi connectivity index (χ1v) is 9.23. The molecule has 3 rings (SSSR count). The predicted molar refractivity (Wildman–Crippen MR) is 114 cm³/mol. The predicted octanol–water partition coefficient (Wildman–Crippen LogP) is 3.45. The first-order valence-electron chi connectivity index (χ1n) is 8.06. The molecule has 2 N–H and O–H groups in total. The minimum absolute atomic E-state index is 0.0326. The monoisotopic (exact) mass is 467 g/mol. The number of benzene rings is 2. The van der Waals surface area contributed by atoms with Crippen LogP contribution in [0.1, 0.15) is 5.56 Å². The van der Waals surface area contributed by atoms with E-state index in [1.165, 1.54) is 25.3 Å². The third-order valence-electron chi connectivity index (χ3n) is 4.09. The van der Waals surface area contributed by atoms with Crippen molar-refractivity contribution in [1.82, 2.24) is 5.32 Å². The van der Waals surface area contributed by atoms with Gasteiger partial charge in [0.15, 0.2) is 16.6 Å². The summed E-state index contributed by atoms with van der Waals surface area (Å²) >= 11 is 17.3. The first kappa shape index (κ1) is 21.5. The number of nitro groups is 1. The fourth-order valence-electron chi connectivity index (χ4n) is 2.68. The quantitative estimate of drug-likeness (QED) is 0.232. The second-order valence-electron chi connectivity index (χ2n) is 5.87. The van der Waals surface area contributed by atoms with Crippen LogP contribution in [-0.2, 0) is 9.59 Å². The van der Waals surface area contributed by atoms with Gasteiger partial charge in [-0.2, -0.15) is 0 Å². The number of nitrogens with one attached hydrogen (secondary N) is 1. The highest BCUT2D eigenvalue weighted by atomic mass is 35.5. The average molecular weight is 468 g/mol. The van der Waals surface area contributed by atoms with Crippen LogP contribution in [-0.4, -0.2) is 34.1 Å². The number of aromatic hydroxyl groups is 1. The number of phenolic OH excluding ortho intramolecular Hbond substituents is 1. The van der Waals surface area contributed by atoms with E-state index in [9.17, 15) is 24.8 Å². The van der Waals surface area contributed by atoms with Crippen LogP contribution in [0, 0.1) is 10.1 Å². The molecular formula is C18H11Cl2N3O6S. The largest absolute Gasteiger partial charge is 0.504 e. The smallest absolute Gasteiger partial charge is 0.274 e. The van der Waals surface area contributed by atoms with Crippen molar-refractivity contribution < 1.29 is 24.4 Å². The van der Waals surface area contributed by atoms with Crippen molar-refractivity contribution in [2.24, 2.45) is 0 Å². The Morgan fingerprint density at radius 2 is 2.00 bits per heavy atom. The molecule has 0 spiro atoms. The minimum atomic E-state index is -0.863. The third-order valence-corrected chi connectivity index (χ3v) is 5.19. The molecule has 12 heteroatoms. The van der Waals surface area contributed by atoms with Gasteiger partial charge in [-0.1, -0.05) is 29.3 Å². The van der Waals surface area contributed by atoms with Gasteiger partial charge in [0, 0.05) is 11.6 Å². The van der Waals surface area contributed by atoms with Gasteiger partial charge < -0.3 is 9.84 Å². The molecule has 154 valence electrons. The van der Waals surface area contributed by atoms with Gasteiger partial charge in [-0.3, -0.25) is 29.9 Å². The fraction of sp³-hybridized carbons (Fsp3) is 0.0556. The number of nitro benzene ring substituents is 1. The zero-order chi connectivity index (χ0) is 22.2. The zero-order valence-electron chi connectivity index (χ0n) is 15.0. The maximum absolute atomic E-state index is 13.1. The molecule has 0 unspecified atom stereocenters. The molecule has 0 atom stereocenters. The highest BCUT2D eigenvalue weighted by molar-refractivity contribution is 7.80. The molecule has 1 fully saturated rings. The molecule has 2 aromatic rings. The molecule has 0 radical (unpaired) electrons. The summed E-state index contributed by atoms with van der Waals surface area (Å²) in [5.41, 5.74) is -0.904. The summed E-state index contributed by atoms with van der Waals surface area (Å²) in [6.45, 7) is 0. The number of amides is 2.